The van der Waals surface area contributed by atoms with Crippen molar-refractivity contribution < 1.29 is 24.5 Å². The molecule has 6 heteroatoms. The third-order valence-electron chi connectivity index (χ3n) is 15.9. The first-order chi connectivity index (χ1) is 37.5. The second-order valence-corrected chi connectivity index (χ2v) is 23.5. The molecule has 0 aliphatic carbocycles. The van der Waals surface area contributed by atoms with E-state index >= 15 is 0 Å². The average molecular weight is 1070 g/mol. The van der Waals surface area contributed by atoms with E-state index < -0.39 is 12.1 Å². The van der Waals surface area contributed by atoms with E-state index in [9.17, 15) is 19.8 Å². The fourth-order valence-corrected chi connectivity index (χ4v) is 10.7. The molecule has 0 aromatic heterocycles. The molecule has 0 fully saturated rings. The minimum Gasteiger partial charge on any atom is -0.466 e. The first-order valence-electron chi connectivity index (χ1n) is 34.2. The van der Waals surface area contributed by atoms with Gasteiger partial charge in [-0.15, -0.1) is 0 Å². The van der Waals surface area contributed by atoms with Crippen molar-refractivity contribution >= 4 is 11.9 Å². The zero-order chi connectivity index (χ0) is 55.0. The molecule has 0 saturated carbocycles. The van der Waals surface area contributed by atoms with E-state index in [0.29, 0.717) is 25.9 Å². The molecule has 76 heavy (non-hydrogen) atoms. The van der Waals surface area contributed by atoms with E-state index in [1.165, 1.54) is 289 Å². The fraction of sp³-hybridized carbons (Fsp3) is 0.886. The van der Waals surface area contributed by atoms with Gasteiger partial charge in [0.05, 0.1) is 25.4 Å². The highest BCUT2D eigenvalue weighted by atomic mass is 16.5. The van der Waals surface area contributed by atoms with Gasteiger partial charge in [0.25, 0.3) is 0 Å². The monoisotopic (exact) mass is 1070 g/mol. The van der Waals surface area contributed by atoms with Crippen molar-refractivity contribution in [2.45, 2.75) is 386 Å². The van der Waals surface area contributed by atoms with Crippen LogP contribution in [0, 0.1) is 0 Å². The Morgan fingerprint density at radius 1 is 0.368 bits per heavy atom. The summed E-state index contributed by atoms with van der Waals surface area (Å²) in [6.07, 6.45) is 83.2. The molecule has 0 radical (unpaired) electrons. The predicted octanol–water partition coefficient (Wildman–Crippen LogP) is 21.9. The largest absolute Gasteiger partial charge is 0.466 e. The van der Waals surface area contributed by atoms with Crippen molar-refractivity contribution in [3.63, 3.8) is 0 Å². The Kier molecular flexibility index (Phi) is 63.9. The lowest BCUT2D eigenvalue weighted by molar-refractivity contribution is -0.143. The lowest BCUT2D eigenvalue weighted by Gasteiger charge is -2.22. The molecule has 0 heterocycles. The number of ether oxygens (including phenoxy) is 1. The smallest absolute Gasteiger partial charge is 0.305 e. The van der Waals surface area contributed by atoms with Gasteiger partial charge < -0.3 is 20.3 Å². The quantitative estimate of drug-likeness (QED) is 0.0320. The van der Waals surface area contributed by atoms with Crippen LogP contribution < -0.4 is 5.32 Å². The first-order valence-corrected chi connectivity index (χ1v) is 34.2. The molecule has 0 aromatic carbocycles. The zero-order valence-corrected chi connectivity index (χ0v) is 51.3. The van der Waals surface area contributed by atoms with Crippen LogP contribution in [0.4, 0.5) is 0 Å². The summed E-state index contributed by atoms with van der Waals surface area (Å²) < 4.78 is 5.47. The molecule has 1 amide bonds. The molecule has 6 nitrogen and oxygen atoms in total. The second-order valence-electron chi connectivity index (χ2n) is 23.5. The molecule has 0 aromatic rings. The maximum atomic E-state index is 12.5. The number of aliphatic hydroxyl groups excluding tert-OH is 2. The van der Waals surface area contributed by atoms with Crippen LogP contribution in [0.3, 0.4) is 0 Å². The SMILES string of the molecule is CCCCCC/C=C\CCCCCCCC(=O)OCCCCCCCCCCC/C=C\C/C=C\CCCCCCCCCCCCCCCC(=O)NC(CO)C(O)CCCCCCCCCCCCCCCCCCC. The molecule has 2 atom stereocenters. The number of amides is 1. The molecule has 0 rings (SSSR count). The number of esters is 1. The standard InChI is InChI=1S/C70H133NO5/c1-3-5-7-9-11-13-15-17-18-32-35-39-42-46-50-54-58-62-68(73)67(66-72)71-69(74)63-59-55-51-47-43-40-36-33-30-28-26-24-22-20-19-21-23-25-27-29-31-34-37-41-45-49-53-57-61-65-76-70(75)64-60-56-52-48-44-38-16-14-12-10-8-6-4-2/h14,16,19,21,25,27,67-68,72-73H,3-13,15,17-18,20,22-24,26,28-66H2,1-2H3,(H,71,74)/b16-14-,21-19-,27-25-. The van der Waals surface area contributed by atoms with Crippen LogP contribution in [-0.2, 0) is 14.3 Å². The van der Waals surface area contributed by atoms with E-state index in [4.69, 9.17) is 4.74 Å². The number of rotatable bonds is 64. The Bertz CT molecular complexity index is 1230. The summed E-state index contributed by atoms with van der Waals surface area (Å²) in [5.74, 6) is -0.0302. The third-order valence-corrected chi connectivity index (χ3v) is 15.9. The van der Waals surface area contributed by atoms with Gasteiger partial charge in [0, 0.05) is 12.8 Å². The van der Waals surface area contributed by atoms with Crippen molar-refractivity contribution in [3.8, 4) is 0 Å². The van der Waals surface area contributed by atoms with Gasteiger partial charge in [0.2, 0.25) is 5.91 Å². The van der Waals surface area contributed by atoms with Gasteiger partial charge >= 0.3 is 5.97 Å². The van der Waals surface area contributed by atoms with Crippen LogP contribution in [0.1, 0.15) is 373 Å². The fourth-order valence-electron chi connectivity index (χ4n) is 10.7. The van der Waals surface area contributed by atoms with Crippen molar-refractivity contribution in [2.24, 2.45) is 0 Å². The van der Waals surface area contributed by atoms with Crippen LogP contribution in [0.5, 0.6) is 0 Å². The maximum Gasteiger partial charge on any atom is 0.305 e. The number of hydrogen-bond acceptors (Lipinski definition) is 5. The highest BCUT2D eigenvalue weighted by Gasteiger charge is 2.20. The van der Waals surface area contributed by atoms with Crippen LogP contribution in [-0.4, -0.2) is 47.4 Å². The van der Waals surface area contributed by atoms with Crippen molar-refractivity contribution in [3.05, 3.63) is 36.5 Å². The summed E-state index contributed by atoms with van der Waals surface area (Å²) >= 11 is 0. The lowest BCUT2D eigenvalue weighted by atomic mass is 10.0. The summed E-state index contributed by atoms with van der Waals surface area (Å²) in [5, 5.41) is 23.4. The van der Waals surface area contributed by atoms with E-state index in [1.807, 2.05) is 0 Å². The van der Waals surface area contributed by atoms with Crippen LogP contribution in [0.25, 0.3) is 0 Å². The Hall–Kier alpha value is -1.92. The Labute approximate surface area is 474 Å². The molecule has 0 aliphatic rings. The van der Waals surface area contributed by atoms with Gasteiger partial charge in [0.15, 0.2) is 0 Å². The normalized spacial score (nSPS) is 12.7. The second kappa shape index (κ2) is 65.6. The molecule has 0 bridgehead atoms. The number of unbranched alkanes of at least 4 members (excludes halogenated alkanes) is 47. The number of carbonyl (C=O) groups excluding carboxylic acids is 2. The summed E-state index contributed by atoms with van der Waals surface area (Å²) in [7, 11) is 0. The van der Waals surface area contributed by atoms with E-state index in [0.717, 1.165) is 51.4 Å². The van der Waals surface area contributed by atoms with E-state index in [-0.39, 0.29) is 18.5 Å². The first kappa shape index (κ1) is 74.1. The number of nitrogens with one attached hydrogen (secondary N) is 1. The molecule has 3 N–H and O–H groups in total. The third kappa shape index (κ3) is 61.3. The summed E-state index contributed by atoms with van der Waals surface area (Å²) in [6.45, 7) is 4.96. The van der Waals surface area contributed by atoms with Crippen molar-refractivity contribution in [1.82, 2.24) is 5.32 Å². The van der Waals surface area contributed by atoms with Crippen LogP contribution in [0.2, 0.25) is 0 Å². The topological polar surface area (TPSA) is 95.9 Å². The Morgan fingerprint density at radius 2 is 0.658 bits per heavy atom. The zero-order valence-electron chi connectivity index (χ0n) is 51.3. The summed E-state index contributed by atoms with van der Waals surface area (Å²) in [5.41, 5.74) is 0. The van der Waals surface area contributed by atoms with Gasteiger partial charge in [-0.2, -0.15) is 0 Å². The van der Waals surface area contributed by atoms with Crippen molar-refractivity contribution in [1.29, 1.82) is 0 Å². The number of hydrogen-bond donors (Lipinski definition) is 3. The van der Waals surface area contributed by atoms with Crippen LogP contribution >= 0.6 is 0 Å². The van der Waals surface area contributed by atoms with Gasteiger partial charge in [-0.05, 0) is 83.5 Å². The number of carbonyl (C=O) groups is 2. The predicted molar refractivity (Wildman–Crippen MR) is 333 cm³/mol. The van der Waals surface area contributed by atoms with Gasteiger partial charge in [0.1, 0.15) is 0 Å². The highest BCUT2D eigenvalue weighted by Crippen LogP contribution is 2.18. The van der Waals surface area contributed by atoms with Gasteiger partial charge in [-0.1, -0.05) is 314 Å². The Morgan fingerprint density at radius 3 is 1.03 bits per heavy atom. The van der Waals surface area contributed by atoms with Gasteiger partial charge in [-0.25, -0.2) is 0 Å². The van der Waals surface area contributed by atoms with E-state index in [1.54, 1.807) is 0 Å². The molecule has 0 spiro atoms. The van der Waals surface area contributed by atoms with Gasteiger partial charge in [-0.3, -0.25) is 9.59 Å². The molecular weight excluding hydrogens is 935 g/mol. The molecule has 448 valence electrons. The molecule has 0 saturated heterocycles. The number of allylic oxidation sites excluding steroid dienone is 6. The maximum absolute atomic E-state index is 12.5. The molecule has 2 unspecified atom stereocenters. The summed E-state index contributed by atoms with van der Waals surface area (Å²) in [4.78, 5) is 24.5. The minimum atomic E-state index is -0.665. The Balaban J connectivity index is 3.41. The highest BCUT2D eigenvalue weighted by molar-refractivity contribution is 5.76. The number of aliphatic hydroxyl groups is 2. The molecule has 0 aliphatic heterocycles. The van der Waals surface area contributed by atoms with Crippen LogP contribution in [0.15, 0.2) is 36.5 Å². The summed E-state index contributed by atoms with van der Waals surface area (Å²) in [6, 6.07) is -0.543. The minimum absolute atomic E-state index is 0.00299. The average Bonchev–Trinajstić information content (AvgIpc) is 3.42. The van der Waals surface area contributed by atoms with Crippen molar-refractivity contribution in [2.75, 3.05) is 13.2 Å². The molecular formula is C70H133NO5. The van der Waals surface area contributed by atoms with E-state index in [2.05, 4.69) is 55.6 Å². The lowest BCUT2D eigenvalue weighted by Crippen LogP contribution is -2.45.